The number of aromatic nitrogens is 4. The van der Waals surface area contributed by atoms with Crippen LogP contribution in [0.1, 0.15) is 11.4 Å². The molecule has 2 aromatic heterocycles. The molecule has 0 aliphatic rings. The number of rotatable bonds is 3. The molecule has 20 heavy (non-hydrogen) atoms. The molecule has 0 atom stereocenters. The molecule has 0 radical (unpaired) electrons. The number of nitrogens with zero attached hydrogens (tertiary/aromatic N) is 3. The lowest BCUT2D eigenvalue weighted by molar-refractivity contribution is 0.415. The standard InChI is InChI=1S/C14H14N4OS/c1-9-6-16-10(7-15-9)8-18-13-4-3-11(19-2)5-12(13)17-14(18)20/h3-7H,8H2,1-2H3,(H,17,20). The fourth-order valence-electron chi connectivity index (χ4n) is 2.09. The molecule has 102 valence electrons. The maximum Gasteiger partial charge on any atom is 0.178 e. The molecule has 0 unspecified atom stereocenters. The number of H-pyrrole nitrogens is 1. The second-order valence-corrected chi connectivity index (χ2v) is 4.94. The number of nitrogens with one attached hydrogen (secondary N) is 1. The van der Waals surface area contributed by atoms with Crippen molar-refractivity contribution in [1.82, 2.24) is 19.5 Å². The van der Waals surface area contributed by atoms with Crippen LogP contribution in [0.3, 0.4) is 0 Å². The molecule has 3 rings (SSSR count). The van der Waals surface area contributed by atoms with Crippen molar-refractivity contribution >= 4 is 23.3 Å². The predicted octanol–water partition coefficient (Wildman–Crippen LogP) is 2.85. The Kier molecular flexibility index (Phi) is 3.23. The molecule has 0 amide bonds. The minimum atomic E-state index is 0.596. The minimum absolute atomic E-state index is 0.596. The van der Waals surface area contributed by atoms with E-state index in [2.05, 4.69) is 15.0 Å². The van der Waals surface area contributed by atoms with Gasteiger partial charge in [-0.25, -0.2) is 0 Å². The first-order valence-corrected chi connectivity index (χ1v) is 6.62. The summed E-state index contributed by atoms with van der Waals surface area (Å²) in [4.78, 5) is 11.8. The van der Waals surface area contributed by atoms with Gasteiger partial charge >= 0.3 is 0 Å². The second-order valence-electron chi connectivity index (χ2n) is 4.55. The summed E-state index contributed by atoms with van der Waals surface area (Å²) >= 11 is 5.38. The number of hydrogen-bond donors (Lipinski definition) is 1. The van der Waals surface area contributed by atoms with Crippen LogP contribution in [-0.4, -0.2) is 26.6 Å². The van der Waals surface area contributed by atoms with Crippen LogP contribution in [0.2, 0.25) is 0 Å². The Morgan fingerprint density at radius 2 is 2.15 bits per heavy atom. The van der Waals surface area contributed by atoms with Crippen LogP contribution < -0.4 is 4.74 Å². The molecular formula is C14H14N4OS. The predicted molar refractivity (Wildman–Crippen MR) is 79.5 cm³/mol. The number of aromatic amines is 1. The monoisotopic (exact) mass is 286 g/mol. The van der Waals surface area contributed by atoms with E-state index in [-0.39, 0.29) is 0 Å². The molecule has 0 aliphatic carbocycles. The number of fused-ring (bicyclic) bond motifs is 1. The highest BCUT2D eigenvalue weighted by atomic mass is 32.1. The lowest BCUT2D eigenvalue weighted by Gasteiger charge is -2.05. The molecule has 2 heterocycles. The molecule has 1 aromatic carbocycles. The van der Waals surface area contributed by atoms with Gasteiger partial charge in [0.2, 0.25) is 0 Å². The second kappa shape index (κ2) is 5.05. The van der Waals surface area contributed by atoms with E-state index >= 15 is 0 Å². The lowest BCUT2D eigenvalue weighted by Crippen LogP contribution is -2.02. The van der Waals surface area contributed by atoms with Crippen LogP contribution >= 0.6 is 12.2 Å². The number of methoxy groups -OCH3 is 1. The van der Waals surface area contributed by atoms with Crippen molar-refractivity contribution in [3.8, 4) is 5.75 Å². The van der Waals surface area contributed by atoms with Gasteiger partial charge in [-0.15, -0.1) is 0 Å². The third kappa shape index (κ3) is 2.30. The van der Waals surface area contributed by atoms with Gasteiger partial charge in [0.05, 0.1) is 42.3 Å². The first kappa shape index (κ1) is 12.8. The van der Waals surface area contributed by atoms with E-state index in [1.165, 1.54) is 0 Å². The third-order valence-corrected chi connectivity index (χ3v) is 3.46. The molecule has 0 bridgehead atoms. The zero-order chi connectivity index (χ0) is 14.1. The summed E-state index contributed by atoms with van der Waals surface area (Å²) in [5.74, 6) is 0.802. The Bertz CT molecular complexity index is 804. The summed E-state index contributed by atoms with van der Waals surface area (Å²) in [5, 5.41) is 0. The molecule has 6 heteroatoms. The number of hydrogen-bond acceptors (Lipinski definition) is 4. The smallest absolute Gasteiger partial charge is 0.178 e. The van der Waals surface area contributed by atoms with Gasteiger partial charge in [-0.1, -0.05) is 0 Å². The minimum Gasteiger partial charge on any atom is -0.497 e. The number of aryl methyl sites for hydroxylation is 1. The van der Waals surface area contributed by atoms with E-state index in [1.54, 1.807) is 19.5 Å². The number of imidazole rings is 1. The molecule has 0 spiro atoms. The lowest BCUT2D eigenvalue weighted by atomic mass is 10.3. The first-order chi connectivity index (χ1) is 9.67. The Morgan fingerprint density at radius 3 is 2.85 bits per heavy atom. The summed E-state index contributed by atoms with van der Waals surface area (Å²) in [6.07, 6.45) is 3.54. The third-order valence-electron chi connectivity index (χ3n) is 3.14. The van der Waals surface area contributed by atoms with Crippen molar-refractivity contribution in [2.75, 3.05) is 7.11 Å². The summed E-state index contributed by atoms with van der Waals surface area (Å²) in [6, 6.07) is 5.84. The van der Waals surface area contributed by atoms with Crippen LogP contribution in [0.5, 0.6) is 5.75 Å². The summed E-state index contributed by atoms with van der Waals surface area (Å²) in [6.45, 7) is 2.51. The topological polar surface area (TPSA) is 55.7 Å². The summed E-state index contributed by atoms with van der Waals surface area (Å²) in [5.41, 5.74) is 3.76. The van der Waals surface area contributed by atoms with Gasteiger partial charge in [0.15, 0.2) is 4.77 Å². The van der Waals surface area contributed by atoms with E-state index in [4.69, 9.17) is 17.0 Å². The van der Waals surface area contributed by atoms with Gasteiger partial charge in [0.1, 0.15) is 5.75 Å². The zero-order valence-electron chi connectivity index (χ0n) is 11.3. The maximum absolute atomic E-state index is 5.38. The van der Waals surface area contributed by atoms with Crippen molar-refractivity contribution in [1.29, 1.82) is 0 Å². The van der Waals surface area contributed by atoms with Gasteiger partial charge in [0, 0.05) is 12.3 Å². The van der Waals surface area contributed by atoms with Crippen molar-refractivity contribution in [2.24, 2.45) is 0 Å². The van der Waals surface area contributed by atoms with Crippen LogP contribution in [0.25, 0.3) is 11.0 Å². The van der Waals surface area contributed by atoms with Crippen LogP contribution in [0.15, 0.2) is 30.6 Å². The molecule has 3 aromatic rings. The number of benzene rings is 1. The Labute approximate surface area is 121 Å². The highest BCUT2D eigenvalue weighted by Crippen LogP contribution is 2.21. The van der Waals surface area contributed by atoms with Crippen molar-refractivity contribution < 1.29 is 4.74 Å². The van der Waals surface area contributed by atoms with Crippen molar-refractivity contribution in [3.63, 3.8) is 0 Å². The van der Waals surface area contributed by atoms with E-state index in [9.17, 15) is 0 Å². The van der Waals surface area contributed by atoms with Crippen molar-refractivity contribution in [3.05, 3.63) is 46.8 Å². The SMILES string of the molecule is COc1ccc2c(c1)[nH]c(=S)n2Cc1cnc(C)cn1. The molecular weight excluding hydrogens is 272 g/mol. The quantitative estimate of drug-likeness (QED) is 0.752. The maximum atomic E-state index is 5.38. The Balaban J connectivity index is 2.05. The van der Waals surface area contributed by atoms with Crippen molar-refractivity contribution in [2.45, 2.75) is 13.5 Å². The molecule has 0 fully saturated rings. The summed E-state index contributed by atoms with van der Waals surface area (Å²) in [7, 11) is 1.65. The average Bonchev–Trinajstić information content (AvgIpc) is 2.76. The Hall–Kier alpha value is -2.21. The highest BCUT2D eigenvalue weighted by molar-refractivity contribution is 7.71. The van der Waals surface area contributed by atoms with Crippen LogP contribution in [0, 0.1) is 11.7 Å². The Morgan fingerprint density at radius 1 is 1.30 bits per heavy atom. The van der Waals surface area contributed by atoms with Gasteiger partial charge in [0.25, 0.3) is 0 Å². The van der Waals surface area contributed by atoms with Gasteiger partial charge in [-0.2, -0.15) is 0 Å². The fraction of sp³-hybridized carbons (Fsp3) is 0.214. The van der Waals surface area contributed by atoms with Crippen LogP contribution in [-0.2, 0) is 6.54 Å². The van der Waals surface area contributed by atoms with Gasteiger partial charge < -0.3 is 14.3 Å². The van der Waals surface area contributed by atoms with Gasteiger partial charge in [-0.3, -0.25) is 9.97 Å². The van der Waals surface area contributed by atoms with Gasteiger partial charge in [-0.05, 0) is 31.3 Å². The fourth-order valence-corrected chi connectivity index (χ4v) is 2.36. The van der Waals surface area contributed by atoms with E-state index in [1.807, 2.05) is 29.7 Å². The molecule has 5 nitrogen and oxygen atoms in total. The molecule has 1 N–H and O–H groups in total. The van der Waals surface area contributed by atoms with E-state index in [0.29, 0.717) is 11.3 Å². The first-order valence-electron chi connectivity index (χ1n) is 6.21. The zero-order valence-corrected chi connectivity index (χ0v) is 12.1. The molecule has 0 saturated carbocycles. The number of ether oxygens (including phenoxy) is 1. The molecule has 0 saturated heterocycles. The highest BCUT2D eigenvalue weighted by Gasteiger charge is 2.07. The average molecular weight is 286 g/mol. The summed E-state index contributed by atoms with van der Waals surface area (Å²) < 4.78 is 7.88. The largest absolute Gasteiger partial charge is 0.497 e. The molecule has 0 aliphatic heterocycles. The van der Waals surface area contributed by atoms with E-state index in [0.717, 1.165) is 28.2 Å². The normalized spacial score (nSPS) is 10.9. The van der Waals surface area contributed by atoms with Crippen LogP contribution in [0.4, 0.5) is 0 Å². The van der Waals surface area contributed by atoms with E-state index < -0.39 is 0 Å².